The number of carbonyl (C=O) groups is 3. The number of hydrogen-bond acceptors (Lipinski definition) is 5. The van der Waals surface area contributed by atoms with Gasteiger partial charge in [-0.05, 0) is 43.5 Å². The molecule has 2 aromatic rings. The first kappa shape index (κ1) is 23.7. The Labute approximate surface area is 200 Å². The van der Waals surface area contributed by atoms with Crippen LogP contribution in [0.3, 0.4) is 0 Å². The van der Waals surface area contributed by atoms with Gasteiger partial charge < -0.3 is 20.0 Å². The van der Waals surface area contributed by atoms with Crippen molar-refractivity contribution in [2.45, 2.75) is 44.6 Å². The predicted molar refractivity (Wildman–Crippen MR) is 130 cm³/mol. The number of pyridine rings is 1. The lowest BCUT2D eigenvalue weighted by Crippen LogP contribution is -2.57. The molecule has 1 spiro atoms. The van der Waals surface area contributed by atoms with Crippen molar-refractivity contribution in [3.05, 3.63) is 60.4 Å². The van der Waals surface area contributed by atoms with E-state index < -0.39 is 5.54 Å². The molecule has 0 aliphatic carbocycles. The molecular weight excluding hydrogens is 430 g/mol. The molecular formula is C26H33N5O3. The van der Waals surface area contributed by atoms with Crippen LogP contribution in [0.1, 0.15) is 38.3 Å². The monoisotopic (exact) mass is 463 g/mol. The Kier molecular flexibility index (Phi) is 7.45. The normalized spacial score (nSPS) is 17.3. The number of anilines is 1. The summed E-state index contributed by atoms with van der Waals surface area (Å²) < 4.78 is 0. The molecule has 34 heavy (non-hydrogen) atoms. The standard InChI is InChI=1S/C26H33N5O3/c1-2-8-24(33)29-17-13-26(14-18-29)25(34)30(20-31(26)22-10-4-3-5-11-22)19-23(32)28-16-12-21-9-6-7-15-27-21/h3-7,9-11,15H,2,8,12-14,16-20H2,1H3,(H,28,32). The largest absolute Gasteiger partial charge is 0.354 e. The van der Waals surface area contributed by atoms with Crippen molar-refractivity contribution in [2.24, 2.45) is 0 Å². The number of rotatable bonds is 8. The van der Waals surface area contributed by atoms with E-state index in [1.165, 1.54) is 0 Å². The fraction of sp³-hybridized carbons (Fsp3) is 0.462. The number of benzene rings is 1. The van der Waals surface area contributed by atoms with E-state index in [0.29, 0.717) is 52.0 Å². The summed E-state index contributed by atoms with van der Waals surface area (Å²) in [6.45, 7) is 3.96. The van der Waals surface area contributed by atoms with Crippen LogP contribution in [0, 0.1) is 0 Å². The van der Waals surface area contributed by atoms with Gasteiger partial charge in [-0.25, -0.2) is 0 Å². The Balaban J connectivity index is 1.43. The quantitative estimate of drug-likeness (QED) is 0.649. The molecule has 3 heterocycles. The zero-order valence-corrected chi connectivity index (χ0v) is 19.8. The molecule has 1 N–H and O–H groups in total. The van der Waals surface area contributed by atoms with E-state index in [1.54, 1.807) is 11.1 Å². The van der Waals surface area contributed by atoms with Gasteiger partial charge in [0, 0.05) is 50.1 Å². The molecule has 2 aliphatic heterocycles. The highest BCUT2D eigenvalue weighted by Gasteiger charge is 2.54. The van der Waals surface area contributed by atoms with Crippen molar-refractivity contribution in [1.29, 1.82) is 0 Å². The highest BCUT2D eigenvalue weighted by Crippen LogP contribution is 2.39. The summed E-state index contributed by atoms with van der Waals surface area (Å²) in [7, 11) is 0. The van der Waals surface area contributed by atoms with Gasteiger partial charge >= 0.3 is 0 Å². The molecule has 3 amide bonds. The molecule has 0 bridgehead atoms. The van der Waals surface area contributed by atoms with Crippen molar-refractivity contribution < 1.29 is 14.4 Å². The van der Waals surface area contributed by atoms with Crippen molar-refractivity contribution >= 4 is 23.4 Å². The first-order chi connectivity index (χ1) is 16.5. The van der Waals surface area contributed by atoms with Gasteiger partial charge in [0.1, 0.15) is 12.1 Å². The number of para-hydroxylation sites is 1. The molecule has 1 aromatic carbocycles. The van der Waals surface area contributed by atoms with Crippen LogP contribution >= 0.6 is 0 Å². The maximum Gasteiger partial charge on any atom is 0.250 e. The maximum absolute atomic E-state index is 13.7. The van der Waals surface area contributed by atoms with E-state index in [4.69, 9.17) is 0 Å². The maximum atomic E-state index is 13.7. The predicted octanol–water partition coefficient (Wildman–Crippen LogP) is 2.21. The summed E-state index contributed by atoms with van der Waals surface area (Å²) in [5, 5.41) is 2.92. The van der Waals surface area contributed by atoms with E-state index in [0.717, 1.165) is 17.8 Å². The smallest absolute Gasteiger partial charge is 0.250 e. The molecule has 2 aliphatic rings. The number of piperidine rings is 1. The second kappa shape index (κ2) is 10.7. The Morgan fingerprint density at radius 1 is 1.06 bits per heavy atom. The molecule has 180 valence electrons. The van der Waals surface area contributed by atoms with E-state index in [-0.39, 0.29) is 24.3 Å². The summed E-state index contributed by atoms with van der Waals surface area (Å²) >= 11 is 0. The molecule has 8 heteroatoms. The Morgan fingerprint density at radius 2 is 1.79 bits per heavy atom. The molecule has 0 atom stereocenters. The first-order valence-corrected chi connectivity index (χ1v) is 12.1. The average molecular weight is 464 g/mol. The van der Waals surface area contributed by atoms with Crippen LogP contribution in [-0.2, 0) is 20.8 Å². The van der Waals surface area contributed by atoms with Crippen molar-refractivity contribution in [3.8, 4) is 0 Å². The molecule has 2 saturated heterocycles. The van der Waals surface area contributed by atoms with Gasteiger partial charge in [0.25, 0.3) is 5.91 Å². The van der Waals surface area contributed by atoms with E-state index >= 15 is 0 Å². The second-order valence-corrected chi connectivity index (χ2v) is 8.99. The summed E-state index contributed by atoms with van der Waals surface area (Å²) in [5.74, 6) is -0.0538. The zero-order valence-electron chi connectivity index (χ0n) is 19.8. The fourth-order valence-corrected chi connectivity index (χ4v) is 4.93. The third-order valence-corrected chi connectivity index (χ3v) is 6.75. The van der Waals surface area contributed by atoms with E-state index in [1.807, 2.05) is 60.4 Å². The molecule has 8 nitrogen and oxygen atoms in total. The van der Waals surface area contributed by atoms with Gasteiger partial charge in [-0.3, -0.25) is 19.4 Å². The van der Waals surface area contributed by atoms with Crippen LogP contribution in [-0.4, -0.2) is 70.9 Å². The van der Waals surface area contributed by atoms with Crippen molar-refractivity contribution in [1.82, 2.24) is 20.1 Å². The molecule has 0 unspecified atom stereocenters. The van der Waals surface area contributed by atoms with Crippen LogP contribution in [0.15, 0.2) is 54.7 Å². The van der Waals surface area contributed by atoms with Crippen LogP contribution in [0.25, 0.3) is 0 Å². The van der Waals surface area contributed by atoms with Gasteiger partial charge in [-0.2, -0.15) is 0 Å². The Bertz CT molecular complexity index is 990. The Morgan fingerprint density at radius 3 is 2.47 bits per heavy atom. The summed E-state index contributed by atoms with van der Waals surface area (Å²) in [4.78, 5) is 48.7. The minimum atomic E-state index is -0.724. The van der Waals surface area contributed by atoms with Crippen LogP contribution in [0.2, 0.25) is 0 Å². The van der Waals surface area contributed by atoms with Crippen LogP contribution < -0.4 is 10.2 Å². The zero-order chi connectivity index (χ0) is 24.0. The SMILES string of the molecule is CCCC(=O)N1CCC2(CC1)C(=O)N(CC(=O)NCCc1ccccn1)CN2c1ccccc1. The number of amides is 3. The third kappa shape index (κ3) is 5.05. The van der Waals surface area contributed by atoms with E-state index in [2.05, 4.69) is 15.2 Å². The van der Waals surface area contributed by atoms with Gasteiger partial charge in [-0.15, -0.1) is 0 Å². The topological polar surface area (TPSA) is 85.8 Å². The second-order valence-electron chi connectivity index (χ2n) is 8.99. The lowest BCUT2D eigenvalue weighted by molar-refractivity contribution is -0.140. The Hall–Kier alpha value is -3.42. The lowest BCUT2D eigenvalue weighted by atomic mass is 9.85. The molecule has 2 fully saturated rings. The summed E-state index contributed by atoms with van der Waals surface area (Å²) in [6.07, 6.45) is 4.86. The number of aromatic nitrogens is 1. The fourth-order valence-electron chi connectivity index (χ4n) is 4.93. The first-order valence-electron chi connectivity index (χ1n) is 12.1. The van der Waals surface area contributed by atoms with Gasteiger partial charge in [0.15, 0.2) is 0 Å². The number of nitrogens with zero attached hydrogens (tertiary/aromatic N) is 4. The minimum Gasteiger partial charge on any atom is -0.354 e. The van der Waals surface area contributed by atoms with Crippen molar-refractivity contribution in [2.75, 3.05) is 37.7 Å². The lowest BCUT2D eigenvalue weighted by Gasteiger charge is -2.43. The molecule has 0 radical (unpaired) electrons. The average Bonchev–Trinajstić information content (AvgIpc) is 3.12. The third-order valence-electron chi connectivity index (χ3n) is 6.75. The highest BCUT2D eigenvalue weighted by atomic mass is 16.2. The van der Waals surface area contributed by atoms with Gasteiger partial charge in [0.2, 0.25) is 11.8 Å². The minimum absolute atomic E-state index is 0.0185. The van der Waals surface area contributed by atoms with Gasteiger partial charge in [-0.1, -0.05) is 31.2 Å². The molecule has 4 rings (SSSR count). The summed E-state index contributed by atoms with van der Waals surface area (Å²) in [5.41, 5.74) is 1.15. The van der Waals surface area contributed by atoms with Gasteiger partial charge in [0.05, 0.1) is 6.67 Å². The summed E-state index contributed by atoms with van der Waals surface area (Å²) in [6, 6.07) is 15.6. The van der Waals surface area contributed by atoms with Crippen LogP contribution in [0.5, 0.6) is 0 Å². The van der Waals surface area contributed by atoms with Crippen molar-refractivity contribution in [3.63, 3.8) is 0 Å². The number of carbonyl (C=O) groups excluding carboxylic acids is 3. The van der Waals surface area contributed by atoms with E-state index in [9.17, 15) is 14.4 Å². The van der Waals surface area contributed by atoms with Crippen LogP contribution in [0.4, 0.5) is 5.69 Å². The number of nitrogens with one attached hydrogen (secondary N) is 1. The molecule has 0 saturated carbocycles. The highest BCUT2D eigenvalue weighted by molar-refractivity contribution is 5.96. The number of likely N-dealkylation sites (tertiary alicyclic amines) is 1. The molecule has 1 aromatic heterocycles. The number of hydrogen-bond donors (Lipinski definition) is 1.